The van der Waals surface area contributed by atoms with E-state index in [0.717, 1.165) is 30.0 Å². The molecule has 0 radical (unpaired) electrons. The van der Waals surface area contributed by atoms with Crippen molar-refractivity contribution in [2.24, 2.45) is 0 Å². The first-order valence-electron chi connectivity index (χ1n) is 14.4. The highest BCUT2D eigenvalue weighted by molar-refractivity contribution is 7.92. The molecule has 0 heterocycles. The number of methoxy groups -OCH3 is 2. The van der Waals surface area contributed by atoms with E-state index in [0.29, 0.717) is 27.8 Å². The molecule has 4 rings (SSSR count). The Bertz CT molecular complexity index is 1570. The van der Waals surface area contributed by atoms with Gasteiger partial charge in [0, 0.05) is 18.7 Å². The average Bonchev–Trinajstić information content (AvgIpc) is 3.54. The van der Waals surface area contributed by atoms with Crippen molar-refractivity contribution >= 4 is 50.7 Å². The molecule has 2 amide bonds. The fraction of sp³-hybridized carbons (Fsp3) is 0.375. The number of ether oxygens (including phenoxy) is 2. The third-order valence-electron chi connectivity index (χ3n) is 7.69. The lowest BCUT2D eigenvalue weighted by Gasteiger charge is -2.34. The molecule has 0 aliphatic heterocycles. The minimum Gasteiger partial charge on any atom is -0.497 e. The van der Waals surface area contributed by atoms with E-state index >= 15 is 0 Å². The van der Waals surface area contributed by atoms with Gasteiger partial charge in [0.15, 0.2) is 0 Å². The molecule has 0 bridgehead atoms. The summed E-state index contributed by atoms with van der Waals surface area (Å²) in [6.07, 6.45) is 4.12. The van der Waals surface area contributed by atoms with Gasteiger partial charge in [0.25, 0.3) is 10.0 Å². The third kappa shape index (κ3) is 7.78. The van der Waals surface area contributed by atoms with Crippen LogP contribution in [0.15, 0.2) is 71.6 Å². The van der Waals surface area contributed by atoms with Crippen molar-refractivity contribution in [1.29, 1.82) is 0 Å². The molecule has 12 heteroatoms. The van der Waals surface area contributed by atoms with Gasteiger partial charge in [-0.1, -0.05) is 67.2 Å². The topological polar surface area (TPSA) is 105 Å². The van der Waals surface area contributed by atoms with Gasteiger partial charge >= 0.3 is 0 Å². The van der Waals surface area contributed by atoms with Gasteiger partial charge in [-0.05, 0) is 61.2 Å². The Morgan fingerprint density at radius 3 is 2.27 bits per heavy atom. The predicted octanol–water partition coefficient (Wildman–Crippen LogP) is 6.07. The van der Waals surface area contributed by atoms with Crippen LogP contribution in [0.25, 0.3) is 0 Å². The van der Waals surface area contributed by atoms with Crippen LogP contribution < -0.4 is 19.1 Å². The molecular weight excluding hydrogens is 625 g/mol. The van der Waals surface area contributed by atoms with Crippen LogP contribution in [0.3, 0.4) is 0 Å². The van der Waals surface area contributed by atoms with E-state index < -0.39 is 28.5 Å². The average molecular weight is 663 g/mol. The summed E-state index contributed by atoms with van der Waals surface area (Å²) in [5.74, 6) is -0.283. The van der Waals surface area contributed by atoms with Crippen LogP contribution in [-0.2, 0) is 26.2 Å². The van der Waals surface area contributed by atoms with E-state index in [1.807, 2.05) is 6.92 Å². The second kappa shape index (κ2) is 15.0. The van der Waals surface area contributed by atoms with Crippen molar-refractivity contribution < 1.29 is 27.5 Å². The second-order valence-corrected chi connectivity index (χ2v) is 13.2. The van der Waals surface area contributed by atoms with Gasteiger partial charge < -0.3 is 19.7 Å². The number of halogens is 2. The molecule has 236 valence electrons. The maximum atomic E-state index is 14.4. The Morgan fingerprint density at radius 1 is 0.955 bits per heavy atom. The maximum absolute atomic E-state index is 14.4. The third-order valence-corrected chi connectivity index (χ3v) is 10.2. The standard InChI is InChI=1S/C32H37Cl2N3O6S/c1-4-28(32(39)35-23-10-8-9-11-23)36(20-22-14-16-26(33)27(34)18-22)31(38)21-37(44(40,41)25-12-6-5-7-13-25)29-19-24(42-2)15-17-30(29)43-3/h5-7,12-19,23,28H,4,8-11,20-21H2,1-3H3,(H,35,39)/t28-/m1/s1. The zero-order valence-electron chi connectivity index (χ0n) is 25.0. The van der Waals surface area contributed by atoms with Crippen LogP contribution >= 0.6 is 23.2 Å². The number of hydrogen-bond acceptors (Lipinski definition) is 6. The first-order valence-corrected chi connectivity index (χ1v) is 16.6. The summed E-state index contributed by atoms with van der Waals surface area (Å²) in [6.45, 7) is 1.20. The van der Waals surface area contributed by atoms with Crippen LogP contribution in [0, 0.1) is 0 Å². The molecule has 1 atom stereocenters. The summed E-state index contributed by atoms with van der Waals surface area (Å²) < 4.78 is 40.2. The Balaban J connectivity index is 1.78. The zero-order chi connectivity index (χ0) is 31.9. The highest BCUT2D eigenvalue weighted by Gasteiger charge is 2.35. The van der Waals surface area contributed by atoms with E-state index in [1.165, 1.54) is 37.3 Å². The number of hydrogen-bond donors (Lipinski definition) is 1. The van der Waals surface area contributed by atoms with Crippen molar-refractivity contribution in [2.75, 3.05) is 25.1 Å². The molecule has 3 aromatic carbocycles. The van der Waals surface area contributed by atoms with Gasteiger partial charge in [0.1, 0.15) is 24.1 Å². The van der Waals surface area contributed by atoms with Crippen LogP contribution in [0.4, 0.5) is 5.69 Å². The largest absolute Gasteiger partial charge is 0.497 e. The number of nitrogens with zero attached hydrogens (tertiary/aromatic N) is 2. The lowest BCUT2D eigenvalue weighted by atomic mass is 10.1. The first-order chi connectivity index (χ1) is 21.1. The van der Waals surface area contributed by atoms with E-state index in [4.69, 9.17) is 32.7 Å². The van der Waals surface area contributed by atoms with E-state index in [2.05, 4.69) is 5.32 Å². The molecule has 0 saturated heterocycles. The molecular formula is C32H37Cl2N3O6S. The highest BCUT2D eigenvalue weighted by Crippen LogP contribution is 2.36. The minimum atomic E-state index is -4.29. The number of carbonyl (C=O) groups excluding carboxylic acids is 2. The second-order valence-electron chi connectivity index (χ2n) is 10.5. The van der Waals surface area contributed by atoms with Gasteiger partial charge in [-0.15, -0.1) is 0 Å². The fourth-order valence-electron chi connectivity index (χ4n) is 5.35. The van der Waals surface area contributed by atoms with Crippen LogP contribution in [0.1, 0.15) is 44.6 Å². The normalized spacial score (nSPS) is 14.1. The number of nitrogens with one attached hydrogen (secondary N) is 1. The van der Waals surface area contributed by atoms with E-state index in [9.17, 15) is 18.0 Å². The first kappa shape index (κ1) is 33.4. The summed E-state index contributed by atoms with van der Waals surface area (Å²) in [7, 11) is -1.41. The van der Waals surface area contributed by atoms with E-state index in [-0.39, 0.29) is 34.8 Å². The molecule has 9 nitrogen and oxygen atoms in total. The summed E-state index contributed by atoms with van der Waals surface area (Å²) in [4.78, 5) is 29.4. The summed E-state index contributed by atoms with van der Waals surface area (Å²) >= 11 is 12.4. The Morgan fingerprint density at radius 2 is 1.66 bits per heavy atom. The van der Waals surface area contributed by atoms with Crippen molar-refractivity contribution in [2.45, 2.75) is 62.6 Å². The molecule has 0 unspecified atom stereocenters. The Kier molecular flexibility index (Phi) is 11.4. The number of sulfonamides is 1. The van der Waals surface area contributed by atoms with Gasteiger partial charge in [0.2, 0.25) is 11.8 Å². The van der Waals surface area contributed by atoms with E-state index in [1.54, 1.807) is 48.5 Å². The molecule has 1 N–H and O–H groups in total. The summed E-state index contributed by atoms with van der Waals surface area (Å²) in [5, 5.41) is 3.75. The number of carbonyl (C=O) groups is 2. The lowest BCUT2D eigenvalue weighted by molar-refractivity contribution is -0.140. The summed E-state index contributed by atoms with van der Waals surface area (Å²) in [5.41, 5.74) is 0.748. The highest BCUT2D eigenvalue weighted by atomic mass is 35.5. The Labute approximate surface area is 269 Å². The van der Waals surface area contributed by atoms with Crippen LogP contribution in [0.2, 0.25) is 10.0 Å². The quantitative estimate of drug-likeness (QED) is 0.238. The van der Waals surface area contributed by atoms with Gasteiger partial charge in [0.05, 0.1) is 34.8 Å². The molecule has 1 aliphatic rings. The summed E-state index contributed by atoms with van der Waals surface area (Å²) in [6, 6.07) is 16.7. The number of anilines is 1. The van der Waals surface area contributed by atoms with Gasteiger partial charge in [-0.2, -0.15) is 0 Å². The van der Waals surface area contributed by atoms with Crippen molar-refractivity contribution in [1.82, 2.24) is 10.2 Å². The molecule has 1 saturated carbocycles. The molecule has 3 aromatic rings. The van der Waals surface area contributed by atoms with Crippen LogP contribution in [-0.4, -0.2) is 58.0 Å². The lowest BCUT2D eigenvalue weighted by Crippen LogP contribution is -2.53. The number of benzene rings is 3. The maximum Gasteiger partial charge on any atom is 0.264 e. The Hall–Kier alpha value is -3.47. The smallest absolute Gasteiger partial charge is 0.264 e. The van der Waals surface area contributed by atoms with Crippen LogP contribution in [0.5, 0.6) is 11.5 Å². The van der Waals surface area contributed by atoms with Crippen molar-refractivity contribution in [3.05, 3.63) is 82.3 Å². The molecule has 0 spiro atoms. The van der Waals surface area contributed by atoms with Crippen molar-refractivity contribution in [3.8, 4) is 11.5 Å². The number of amides is 2. The molecule has 1 fully saturated rings. The van der Waals surface area contributed by atoms with Gasteiger partial charge in [-0.25, -0.2) is 8.42 Å². The van der Waals surface area contributed by atoms with Crippen molar-refractivity contribution in [3.63, 3.8) is 0 Å². The predicted molar refractivity (Wildman–Crippen MR) is 172 cm³/mol. The zero-order valence-corrected chi connectivity index (χ0v) is 27.3. The minimum absolute atomic E-state index is 0.000780. The number of rotatable bonds is 13. The van der Waals surface area contributed by atoms with Gasteiger partial charge in [-0.3, -0.25) is 13.9 Å². The molecule has 44 heavy (non-hydrogen) atoms. The molecule has 0 aromatic heterocycles. The molecule has 1 aliphatic carbocycles. The SMILES string of the molecule is CC[C@H](C(=O)NC1CCCC1)N(Cc1ccc(Cl)c(Cl)c1)C(=O)CN(c1cc(OC)ccc1OC)S(=O)(=O)c1ccccc1. The monoisotopic (exact) mass is 661 g/mol. The fourth-order valence-corrected chi connectivity index (χ4v) is 7.10.